The molecule has 1 aromatic rings. The van der Waals surface area contributed by atoms with Gasteiger partial charge in [-0.3, -0.25) is 4.90 Å². The van der Waals surface area contributed by atoms with E-state index in [0.717, 1.165) is 31.1 Å². The summed E-state index contributed by atoms with van der Waals surface area (Å²) in [5.74, 6) is 1.78. The van der Waals surface area contributed by atoms with Gasteiger partial charge in [-0.25, -0.2) is 0 Å². The van der Waals surface area contributed by atoms with E-state index in [1.165, 1.54) is 12.8 Å². The van der Waals surface area contributed by atoms with E-state index in [0.29, 0.717) is 12.1 Å². The Morgan fingerprint density at radius 1 is 1.33 bits per heavy atom. The van der Waals surface area contributed by atoms with Gasteiger partial charge in [0.25, 0.3) is 0 Å². The van der Waals surface area contributed by atoms with Gasteiger partial charge in [0.1, 0.15) is 0 Å². The molecule has 5 nitrogen and oxygen atoms in total. The van der Waals surface area contributed by atoms with E-state index in [1.54, 1.807) is 0 Å². The largest absolute Gasteiger partial charge is 0.393 e. The Morgan fingerprint density at radius 2 is 2.00 bits per heavy atom. The standard InChI is InChI=1S/C13H21N3O2/c1-8(2)13-14-12(15-18-13)7-16-9-3-4-10(16)6-11(17)5-9/h8-11,17H,3-7H2,1-2H3. The molecule has 18 heavy (non-hydrogen) atoms. The molecule has 2 fully saturated rings. The van der Waals surface area contributed by atoms with Crippen LogP contribution in [0.3, 0.4) is 0 Å². The lowest BCUT2D eigenvalue weighted by Gasteiger charge is -2.36. The van der Waals surface area contributed by atoms with Gasteiger partial charge in [-0.1, -0.05) is 19.0 Å². The number of fused-ring (bicyclic) bond motifs is 2. The number of aromatic nitrogens is 2. The fraction of sp³-hybridized carbons (Fsp3) is 0.846. The first-order chi connectivity index (χ1) is 8.63. The number of nitrogens with zero attached hydrogens (tertiary/aromatic N) is 3. The monoisotopic (exact) mass is 251 g/mol. The lowest BCUT2D eigenvalue weighted by Crippen LogP contribution is -2.44. The minimum absolute atomic E-state index is 0.116. The number of aliphatic hydroxyl groups is 1. The van der Waals surface area contributed by atoms with Gasteiger partial charge in [-0.15, -0.1) is 0 Å². The Morgan fingerprint density at radius 3 is 2.56 bits per heavy atom. The minimum atomic E-state index is -0.116. The minimum Gasteiger partial charge on any atom is -0.393 e. The van der Waals surface area contributed by atoms with Crippen LogP contribution in [0.4, 0.5) is 0 Å². The second-order valence-electron chi connectivity index (χ2n) is 5.89. The zero-order chi connectivity index (χ0) is 12.7. The van der Waals surface area contributed by atoms with Crippen molar-refractivity contribution < 1.29 is 9.63 Å². The molecule has 2 atom stereocenters. The smallest absolute Gasteiger partial charge is 0.229 e. The Kier molecular flexibility index (Phi) is 3.11. The average Bonchev–Trinajstić information content (AvgIpc) is 2.85. The molecule has 0 aliphatic carbocycles. The van der Waals surface area contributed by atoms with Crippen LogP contribution >= 0.6 is 0 Å². The summed E-state index contributed by atoms with van der Waals surface area (Å²) in [6.07, 6.45) is 4.06. The third-order valence-corrected chi connectivity index (χ3v) is 4.16. The van der Waals surface area contributed by atoms with Gasteiger partial charge in [0.15, 0.2) is 5.82 Å². The number of rotatable bonds is 3. The van der Waals surface area contributed by atoms with Gasteiger partial charge >= 0.3 is 0 Å². The second-order valence-corrected chi connectivity index (χ2v) is 5.89. The van der Waals surface area contributed by atoms with Gasteiger partial charge < -0.3 is 9.63 Å². The van der Waals surface area contributed by atoms with Crippen molar-refractivity contribution in [3.05, 3.63) is 11.7 Å². The quantitative estimate of drug-likeness (QED) is 0.885. The fourth-order valence-electron chi connectivity index (χ4n) is 3.23. The van der Waals surface area contributed by atoms with Gasteiger partial charge in [-0.2, -0.15) is 4.98 Å². The molecule has 5 heteroatoms. The molecule has 2 aliphatic heterocycles. The summed E-state index contributed by atoms with van der Waals surface area (Å²) in [7, 11) is 0. The zero-order valence-electron chi connectivity index (χ0n) is 11.0. The Bertz CT molecular complexity index is 404. The molecule has 100 valence electrons. The molecule has 1 N–H and O–H groups in total. The maximum atomic E-state index is 9.77. The summed E-state index contributed by atoms with van der Waals surface area (Å²) in [5.41, 5.74) is 0. The van der Waals surface area contributed by atoms with Crippen LogP contribution in [0, 0.1) is 0 Å². The van der Waals surface area contributed by atoms with Gasteiger partial charge in [0.05, 0.1) is 12.6 Å². The van der Waals surface area contributed by atoms with Crippen LogP contribution < -0.4 is 0 Å². The summed E-state index contributed by atoms with van der Waals surface area (Å²) in [6.45, 7) is 4.87. The van der Waals surface area contributed by atoms with E-state index in [-0.39, 0.29) is 12.0 Å². The summed E-state index contributed by atoms with van der Waals surface area (Å²) < 4.78 is 5.24. The molecule has 0 aromatic carbocycles. The molecule has 2 saturated heterocycles. The molecule has 0 radical (unpaired) electrons. The van der Waals surface area contributed by atoms with Gasteiger partial charge in [-0.05, 0) is 25.7 Å². The van der Waals surface area contributed by atoms with Crippen LogP contribution in [0.1, 0.15) is 57.2 Å². The Hall–Kier alpha value is -0.940. The van der Waals surface area contributed by atoms with Crippen LogP contribution in [0.15, 0.2) is 4.52 Å². The first-order valence-corrected chi connectivity index (χ1v) is 6.89. The zero-order valence-corrected chi connectivity index (χ0v) is 11.0. The molecule has 0 saturated carbocycles. The van der Waals surface area contributed by atoms with E-state index in [1.807, 2.05) is 0 Å². The van der Waals surface area contributed by atoms with E-state index in [9.17, 15) is 5.11 Å². The van der Waals surface area contributed by atoms with E-state index < -0.39 is 0 Å². The van der Waals surface area contributed by atoms with Crippen LogP contribution in [0.5, 0.6) is 0 Å². The van der Waals surface area contributed by atoms with Crippen molar-refractivity contribution in [2.75, 3.05) is 0 Å². The van der Waals surface area contributed by atoms with Crippen LogP contribution in [0.2, 0.25) is 0 Å². The van der Waals surface area contributed by atoms with Crippen LogP contribution in [0.25, 0.3) is 0 Å². The lowest BCUT2D eigenvalue weighted by atomic mass is 10.00. The highest BCUT2D eigenvalue weighted by molar-refractivity contribution is 4.98. The highest BCUT2D eigenvalue weighted by atomic mass is 16.5. The number of hydrogen-bond donors (Lipinski definition) is 1. The molecule has 0 spiro atoms. The van der Waals surface area contributed by atoms with Crippen LogP contribution in [-0.2, 0) is 6.54 Å². The average molecular weight is 251 g/mol. The van der Waals surface area contributed by atoms with Crippen molar-refractivity contribution >= 4 is 0 Å². The van der Waals surface area contributed by atoms with Crippen molar-refractivity contribution in [2.24, 2.45) is 0 Å². The summed E-state index contributed by atoms with van der Waals surface area (Å²) >= 11 is 0. The van der Waals surface area contributed by atoms with Gasteiger partial charge in [0, 0.05) is 18.0 Å². The number of hydrogen-bond acceptors (Lipinski definition) is 5. The molecule has 0 amide bonds. The maximum Gasteiger partial charge on any atom is 0.229 e. The molecular weight excluding hydrogens is 230 g/mol. The molecule has 2 unspecified atom stereocenters. The highest BCUT2D eigenvalue weighted by Gasteiger charge is 2.40. The predicted octanol–water partition coefficient (Wildman–Crippen LogP) is 1.68. The van der Waals surface area contributed by atoms with Crippen molar-refractivity contribution in [3.8, 4) is 0 Å². The van der Waals surface area contributed by atoms with Crippen LogP contribution in [-0.4, -0.2) is 38.3 Å². The normalized spacial score (nSPS) is 32.3. The second kappa shape index (κ2) is 4.63. The third kappa shape index (κ3) is 2.17. The van der Waals surface area contributed by atoms with E-state index in [4.69, 9.17) is 4.52 Å². The van der Waals surface area contributed by atoms with E-state index >= 15 is 0 Å². The molecule has 3 rings (SSSR count). The fourth-order valence-corrected chi connectivity index (χ4v) is 3.23. The lowest BCUT2D eigenvalue weighted by molar-refractivity contribution is 0.0293. The van der Waals surface area contributed by atoms with Crippen molar-refractivity contribution in [3.63, 3.8) is 0 Å². The summed E-state index contributed by atoms with van der Waals surface area (Å²) in [4.78, 5) is 6.88. The topological polar surface area (TPSA) is 62.4 Å². The molecule has 1 aromatic heterocycles. The van der Waals surface area contributed by atoms with Crippen molar-refractivity contribution in [1.82, 2.24) is 15.0 Å². The maximum absolute atomic E-state index is 9.77. The van der Waals surface area contributed by atoms with Gasteiger partial charge in [0.2, 0.25) is 5.89 Å². The Balaban J connectivity index is 1.69. The predicted molar refractivity (Wildman–Crippen MR) is 66.0 cm³/mol. The third-order valence-electron chi connectivity index (χ3n) is 4.16. The Labute approximate surface area is 107 Å². The SMILES string of the molecule is CC(C)c1nc(CN2C3CCC2CC(O)C3)no1. The van der Waals surface area contributed by atoms with E-state index in [2.05, 4.69) is 28.9 Å². The number of piperidine rings is 1. The first kappa shape index (κ1) is 12.1. The highest BCUT2D eigenvalue weighted by Crippen LogP contribution is 2.36. The van der Waals surface area contributed by atoms with Crippen molar-refractivity contribution in [1.29, 1.82) is 0 Å². The first-order valence-electron chi connectivity index (χ1n) is 6.89. The summed E-state index contributed by atoms with van der Waals surface area (Å²) in [5, 5.41) is 13.8. The number of aliphatic hydroxyl groups excluding tert-OH is 1. The molecular formula is C13H21N3O2. The van der Waals surface area contributed by atoms with Crippen molar-refractivity contribution in [2.45, 2.75) is 70.2 Å². The summed E-state index contributed by atoms with van der Waals surface area (Å²) in [6, 6.07) is 1.000. The molecule has 2 aliphatic rings. The molecule has 3 heterocycles. The molecule has 2 bridgehead atoms.